The van der Waals surface area contributed by atoms with Crippen molar-refractivity contribution < 1.29 is 4.74 Å². The van der Waals surface area contributed by atoms with Gasteiger partial charge in [-0.25, -0.2) is 15.0 Å². The molecule has 3 aromatic carbocycles. The molecule has 0 amide bonds. The summed E-state index contributed by atoms with van der Waals surface area (Å²) in [5.74, 6) is 1.51. The molecule has 0 spiro atoms. The Morgan fingerprint density at radius 2 is 1.68 bits per heavy atom. The first-order valence-corrected chi connectivity index (χ1v) is 10.0. The number of anilines is 2. The molecule has 0 aliphatic rings. The van der Waals surface area contributed by atoms with E-state index in [2.05, 4.69) is 55.2 Å². The maximum atomic E-state index is 5.45. The minimum atomic E-state index is 0.726. The molecule has 0 aliphatic heterocycles. The van der Waals surface area contributed by atoms with Gasteiger partial charge < -0.3 is 14.6 Å². The van der Waals surface area contributed by atoms with Crippen molar-refractivity contribution in [3.05, 3.63) is 97.1 Å². The van der Waals surface area contributed by atoms with Crippen molar-refractivity contribution in [2.24, 2.45) is 0 Å². The molecule has 0 atom stereocenters. The average molecular weight is 407 g/mol. The molecule has 0 fully saturated rings. The number of rotatable bonds is 6. The van der Waals surface area contributed by atoms with E-state index in [1.807, 2.05) is 54.9 Å². The fourth-order valence-corrected chi connectivity index (χ4v) is 3.60. The number of benzene rings is 3. The molecule has 5 rings (SSSR count). The summed E-state index contributed by atoms with van der Waals surface area (Å²) in [4.78, 5) is 13.2. The van der Waals surface area contributed by atoms with Gasteiger partial charge in [0.1, 0.15) is 17.9 Å². The Balaban J connectivity index is 1.33. The predicted molar refractivity (Wildman–Crippen MR) is 123 cm³/mol. The second-order valence-corrected chi connectivity index (χ2v) is 7.17. The van der Waals surface area contributed by atoms with Crippen LogP contribution in [0.25, 0.3) is 22.3 Å². The highest BCUT2D eigenvalue weighted by Gasteiger charge is 2.08. The number of imidazole rings is 1. The van der Waals surface area contributed by atoms with Crippen molar-refractivity contribution in [1.29, 1.82) is 0 Å². The molecule has 152 valence electrons. The first-order chi connectivity index (χ1) is 15.3. The maximum Gasteiger partial charge on any atom is 0.134 e. The SMILES string of the molecule is COc1ccccc1-c1cc(Nc2ccc(Cn3cnc4ccccc43)cc2)ncn1. The van der Waals surface area contributed by atoms with Gasteiger partial charge in [0, 0.05) is 23.9 Å². The molecule has 31 heavy (non-hydrogen) atoms. The lowest BCUT2D eigenvalue weighted by molar-refractivity contribution is 0.416. The highest BCUT2D eigenvalue weighted by molar-refractivity contribution is 5.75. The van der Waals surface area contributed by atoms with Gasteiger partial charge in [0.05, 0.1) is 30.2 Å². The molecule has 2 aromatic heterocycles. The fraction of sp³-hybridized carbons (Fsp3) is 0.0800. The molecule has 6 heteroatoms. The third-order valence-electron chi connectivity index (χ3n) is 5.16. The van der Waals surface area contributed by atoms with Crippen LogP contribution in [-0.4, -0.2) is 26.6 Å². The Bertz CT molecular complexity index is 1330. The van der Waals surface area contributed by atoms with E-state index in [-0.39, 0.29) is 0 Å². The van der Waals surface area contributed by atoms with Crippen LogP contribution >= 0.6 is 0 Å². The number of hydrogen-bond donors (Lipinski definition) is 1. The lowest BCUT2D eigenvalue weighted by atomic mass is 10.1. The minimum absolute atomic E-state index is 0.726. The lowest BCUT2D eigenvalue weighted by Gasteiger charge is -2.10. The second-order valence-electron chi connectivity index (χ2n) is 7.17. The Morgan fingerprint density at radius 1 is 0.871 bits per heavy atom. The summed E-state index contributed by atoms with van der Waals surface area (Å²) in [6, 6.07) is 26.2. The number of hydrogen-bond acceptors (Lipinski definition) is 5. The number of nitrogens with zero attached hydrogens (tertiary/aromatic N) is 4. The van der Waals surface area contributed by atoms with Crippen LogP contribution in [0.4, 0.5) is 11.5 Å². The summed E-state index contributed by atoms with van der Waals surface area (Å²) in [5, 5.41) is 3.36. The average Bonchev–Trinajstić information content (AvgIpc) is 3.23. The van der Waals surface area contributed by atoms with Gasteiger partial charge in [0.25, 0.3) is 0 Å². The first kappa shape index (κ1) is 18.8. The molecule has 5 aromatic rings. The topological polar surface area (TPSA) is 64.9 Å². The Morgan fingerprint density at radius 3 is 2.55 bits per heavy atom. The van der Waals surface area contributed by atoms with Crippen LogP contribution in [0.15, 0.2) is 91.5 Å². The number of nitrogens with one attached hydrogen (secondary N) is 1. The van der Waals surface area contributed by atoms with E-state index in [0.29, 0.717) is 0 Å². The number of para-hydroxylation sites is 3. The normalized spacial score (nSPS) is 10.9. The van der Waals surface area contributed by atoms with E-state index in [1.54, 1.807) is 13.4 Å². The summed E-state index contributed by atoms with van der Waals surface area (Å²) in [7, 11) is 1.66. The molecular formula is C25H21N5O. The third-order valence-corrected chi connectivity index (χ3v) is 5.16. The molecule has 0 saturated heterocycles. The number of ether oxygens (including phenoxy) is 1. The van der Waals surface area contributed by atoms with Crippen molar-refractivity contribution in [3.63, 3.8) is 0 Å². The highest BCUT2D eigenvalue weighted by atomic mass is 16.5. The Labute approximate surface area is 180 Å². The van der Waals surface area contributed by atoms with Gasteiger partial charge in [-0.05, 0) is 42.0 Å². The van der Waals surface area contributed by atoms with Crippen LogP contribution in [0.2, 0.25) is 0 Å². The van der Waals surface area contributed by atoms with Crippen molar-refractivity contribution >= 4 is 22.5 Å². The van der Waals surface area contributed by atoms with E-state index in [0.717, 1.165) is 46.1 Å². The largest absolute Gasteiger partial charge is 0.496 e. The van der Waals surface area contributed by atoms with Crippen molar-refractivity contribution in [1.82, 2.24) is 19.5 Å². The lowest BCUT2D eigenvalue weighted by Crippen LogP contribution is -1.99. The molecule has 0 bridgehead atoms. The van der Waals surface area contributed by atoms with Crippen LogP contribution in [0.3, 0.4) is 0 Å². The molecule has 1 N–H and O–H groups in total. The van der Waals surface area contributed by atoms with E-state index in [4.69, 9.17) is 4.74 Å². The zero-order valence-corrected chi connectivity index (χ0v) is 17.1. The summed E-state index contributed by atoms with van der Waals surface area (Å²) >= 11 is 0. The minimum Gasteiger partial charge on any atom is -0.496 e. The highest BCUT2D eigenvalue weighted by Crippen LogP contribution is 2.29. The summed E-state index contributed by atoms with van der Waals surface area (Å²) in [5.41, 5.74) is 6.04. The van der Waals surface area contributed by atoms with E-state index < -0.39 is 0 Å². The van der Waals surface area contributed by atoms with Gasteiger partial charge in [0.2, 0.25) is 0 Å². The Kier molecular flexibility index (Phi) is 5.02. The van der Waals surface area contributed by atoms with Crippen LogP contribution < -0.4 is 10.1 Å². The van der Waals surface area contributed by atoms with E-state index >= 15 is 0 Å². The third kappa shape index (κ3) is 3.96. The van der Waals surface area contributed by atoms with Gasteiger partial charge in [-0.1, -0.05) is 36.4 Å². The number of fused-ring (bicyclic) bond motifs is 1. The Hall–Kier alpha value is -4.19. The fourth-order valence-electron chi connectivity index (χ4n) is 3.60. The molecular weight excluding hydrogens is 386 g/mol. The number of methoxy groups -OCH3 is 1. The van der Waals surface area contributed by atoms with Gasteiger partial charge in [0.15, 0.2) is 0 Å². The maximum absolute atomic E-state index is 5.45. The van der Waals surface area contributed by atoms with E-state index in [1.165, 1.54) is 5.56 Å². The smallest absolute Gasteiger partial charge is 0.134 e. The second kappa shape index (κ2) is 8.28. The molecule has 0 aliphatic carbocycles. The zero-order chi connectivity index (χ0) is 21.0. The zero-order valence-electron chi connectivity index (χ0n) is 17.1. The van der Waals surface area contributed by atoms with Crippen molar-refractivity contribution in [2.75, 3.05) is 12.4 Å². The van der Waals surface area contributed by atoms with Crippen LogP contribution in [0.1, 0.15) is 5.56 Å². The monoisotopic (exact) mass is 407 g/mol. The molecule has 0 saturated carbocycles. The molecule has 2 heterocycles. The molecule has 6 nitrogen and oxygen atoms in total. The molecule has 0 unspecified atom stereocenters. The summed E-state index contributed by atoms with van der Waals surface area (Å²) < 4.78 is 7.61. The van der Waals surface area contributed by atoms with E-state index in [9.17, 15) is 0 Å². The van der Waals surface area contributed by atoms with Gasteiger partial charge in [-0.2, -0.15) is 0 Å². The molecule has 0 radical (unpaired) electrons. The summed E-state index contributed by atoms with van der Waals surface area (Å²) in [6.07, 6.45) is 3.44. The summed E-state index contributed by atoms with van der Waals surface area (Å²) in [6.45, 7) is 0.770. The first-order valence-electron chi connectivity index (χ1n) is 10.0. The van der Waals surface area contributed by atoms with Crippen LogP contribution in [0.5, 0.6) is 5.75 Å². The predicted octanol–water partition coefficient (Wildman–Crippen LogP) is 5.29. The standard InChI is InChI=1S/C25H21N5O/c1-31-24-9-5-2-6-20(24)22-14-25(27-16-26-22)29-19-12-10-18(11-13-19)15-30-17-28-21-7-3-4-8-23(21)30/h2-14,16-17H,15H2,1H3,(H,26,27,29). The van der Waals surface area contributed by atoms with Crippen LogP contribution in [-0.2, 0) is 6.54 Å². The number of aromatic nitrogens is 4. The quantitative estimate of drug-likeness (QED) is 0.414. The van der Waals surface area contributed by atoms with Gasteiger partial charge in [-0.15, -0.1) is 0 Å². The van der Waals surface area contributed by atoms with Crippen LogP contribution in [0, 0.1) is 0 Å². The van der Waals surface area contributed by atoms with Crippen molar-refractivity contribution in [3.8, 4) is 17.0 Å². The van der Waals surface area contributed by atoms with Gasteiger partial charge in [-0.3, -0.25) is 0 Å². The van der Waals surface area contributed by atoms with Gasteiger partial charge >= 0.3 is 0 Å². The van der Waals surface area contributed by atoms with Crippen molar-refractivity contribution in [2.45, 2.75) is 6.54 Å².